The summed E-state index contributed by atoms with van der Waals surface area (Å²) in [6, 6.07) is 2.42. The Bertz CT molecular complexity index is 320. The van der Waals surface area contributed by atoms with Gasteiger partial charge in [0.25, 0.3) is 0 Å². The molecule has 1 aromatic rings. The van der Waals surface area contributed by atoms with E-state index in [0.717, 1.165) is 24.1 Å². The van der Waals surface area contributed by atoms with Crippen LogP contribution in [0.4, 0.5) is 0 Å². The molecule has 1 aliphatic rings. The quantitative estimate of drug-likeness (QED) is 0.866. The number of ether oxygens (including phenoxy) is 1. The average molecular weight is 251 g/mol. The van der Waals surface area contributed by atoms with E-state index in [1.165, 1.54) is 5.56 Å². The largest absolute Gasteiger partial charge is 0.380 e. The lowest BCUT2D eigenvalue weighted by Crippen LogP contribution is -2.19. The number of nitrogens with zero attached hydrogens (tertiary/aromatic N) is 1. The van der Waals surface area contributed by atoms with Gasteiger partial charge in [0, 0.05) is 31.5 Å². The second kappa shape index (κ2) is 6.28. The molecule has 0 amide bonds. The Morgan fingerprint density at radius 2 is 2.20 bits per heavy atom. The summed E-state index contributed by atoms with van der Waals surface area (Å²) in [6.07, 6.45) is 3.75. The molecular formula is C10H16Cl2N2O. The second-order valence-electron chi connectivity index (χ2n) is 3.55. The van der Waals surface area contributed by atoms with Gasteiger partial charge in [0.15, 0.2) is 0 Å². The number of hydrogen-bond acceptors (Lipinski definition) is 3. The highest BCUT2D eigenvalue weighted by Gasteiger charge is 2.19. The molecule has 1 aromatic heterocycles. The highest BCUT2D eigenvalue weighted by atomic mass is 35.5. The van der Waals surface area contributed by atoms with Crippen molar-refractivity contribution in [1.82, 2.24) is 4.98 Å². The van der Waals surface area contributed by atoms with Crippen molar-refractivity contribution in [2.24, 2.45) is 5.73 Å². The normalized spacial score (nSPS) is 17.6. The third-order valence-electron chi connectivity index (χ3n) is 2.37. The zero-order valence-corrected chi connectivity index (χ0v) is 10.2. The first-order chi connectivity index (χ1) is 6.29. The second-order valence-corrected chi connectivity index (χ2v) is 3.55. The molecule has 0 bridgehead atoms. The summed E-state index contributed by atoms with van der Waals surface area (Å²) in [6.45, 7) is 0.634. The van der Waals surface area contributed by atoms with E-state index in [1.54, 1.807) is 7.11 Å². The van der Waals surface area contributed by atoms with Gasteiger partial charge < -0.3 is 10.5 Å². The summed E-state index contributed by atoms with van der Waals surface area (Å²) in [7, 11) is 1.69. The highest BCUT2D eigenvalue weighted by Crippen LogP contribution is 2.20. The van der Waals surface area contributed by atoms with E-state index >= 15 is 0 Å². The fourth-order valence-corrected chi connectivity index (χ4v) is 1.80. The predicted octanol–water partition coefficient (Wildman–Crippen LogP) is 1.50. The molecule has 1 unspecified atom stereocenters. The summed E-state index contributed by atoms with van der Waals surface area (Å²) >= 11 is 0. The number of pyridine rings is 1. The summed E-state index contributed by atoms with van der Waals surface area (Å²) in [5, 5.41) is 0. The molecule has 0 fully saturated rings. The molecule has 2 rings (SSSR count). The SMILES string of the molecule is COCc1cnc2c(c1)CC(N)C2.Cl.Cl. The Balaban J connectivity index is 0.000000980. The minimum absolute atomic E-state index is 0. The fourth-order valence-electron chi connectivity index (χ4n) is 1.80. The number of halogens is 2. The van der Waals surface area contributed by atoms with E-state index in [2.05, 4.69) is 11.1 Å². The Morgan fingerprint density at radius 3 is 2.87 bits per heavy atom. The lowest BCUT2D eigenvalue weighted by Gasteiger charge is -2.01. The molecule has 0 aromatic carbocycles. The molecule has 0 saturated heterocycles. The summed E-state index contributed by atoms with van der Waals surface area (Å²) in [5.74, 6) is 0. The highest BCUT2D eigenvalue weighted by molar-refractivity contribution is 5.85. The average Bonchev–Trinajstić information content (AvgIpc) is 2.44. The van der Waals surface area contributed by atoms with Crippen LogP contribution in [0, 0.1) is 0 Å². The van der Waals surface area contributed by atoms with Gasteiger partial charge in [0.05, 0.1) is 6.61 Å². The van der Waals surface area contributed by atoms with Crippen LogP contribution < -0.4 is 5.73 Å². The predicted molar refractivity (Wildman–Crippen MR) is 64.8 cm³/mol. The number of aromatic nitrogens is 1. The van der Waals surface area contributed by atoms with Crippen LogP contribution in [0.15, 0.2) is 12.3 Å². The van der Waals surface area contributed by atoms with E-state index in [9.17, 15) is 0 Å². The maximum atomic E-state index is 5.84. The van der Waals surface area contributed by atoms with E-state index < -0.39 is 0 Å². The summed E-state index contributed by atoms with van der Waals surface area (Å²) in [5.41, 5.74) is 9.43. The van der Waals surface area contributed by atoms with Crippen LogP contribution in [0.2, 0.25) is 0 Å². The molecule has 86 valence electrons. The van der Waals surface area contributed by atoms with Crippen LogP contribution in [-0.4, -0.2) is 18.1 Å². The fraction of sp³-hybridized carbons (Fsp3) is 0.500. The number of hydrogen-bond donors (Lipinski definition) is 1. The van der Waals surface area contributed by atoms with E-state index in [0.29, 0.717) is 6.61 Å². The number of methoxy groups -OCH3 is 1. The van der Waals surface area contributed by atoms with Crippen LogP contribution in [0.25, 0.3) is 0 Å². The van der Waals surface area contributed by atoms with Crippen LogP contribution in [-0.2, 0) is 24.2 Å². The van der Waals surface area contributed by atoms with Gasteiger partial charge >= 0.3 is 0 Å². The smallest absolute Gasteiger partial charge is 0.0728 e. The molecule has 0 aliphatic heterocycles. The lowest BCUT2D eigenvalue weighted by atomic mass is 10.1. The third kappa shape index (κ3) is 3.31. The number of rotatable bonds is 2. The van der Waals surface area contributed by atoms with Crippen molar-refractivity contribution >= 4 is 24.8 Å². The molecule has 15 heavy (non-hydrogen) atoms. The minimum Gasteiger partial charge on any atom is -0.380 e. The molecule has 5 heteroatoms. The van der Waals surface area contributed by atoms with Crippen LogP contribution in [0.3, 0.4) is 0 Å². The monoisotopic (exact) mass is 250 g/mol. The van der Waals surface area contributed by atoms with Gasteiger partial charge in [-0.25, -0.2) is 0 Å². The Morgan fingerprint density at radius 1 is 1.47 bits per heavy atom. The molecule has 3 nitrogen and oxygen atoms in total. The van der Waals surface area contributed by atoms with Crippen molar-refractivity contribution in [2.45, 2.75) is 25.5 Å². The van der Waals surface area contributed by atoms with Gasteiger partial charge in [-0.3, -0.25) is 4.98 Å². The number of fused-ring (bicyclic) bond motifs is 1. The summed E-state index contributed by atoms with van der Waals surface area (Å²) in [4.78, 5) is 4.37. The molecule has 1 heterocycles. The van der Waals surface area contributed by atoms with Gasteiger partial charge in [0.2, 0.25) is 0 Å². The lowest BCUT2D eigenvalue weighted by molar-refractivity contribution is 0.184. The van der Waals surface area contributed by atoms with Gasteiger partial charge in [-0.1, -0.05) is 6.07 Å². The molecule has 0 spiro atoms. The topological polar surface area (TPSA) is 48.1 Å². The molecular weight excluding hydrogens is 235 g/mol. The maximum absolute atomic E-state index is 5.84. The van der Waals surface area contributed by atoms with Crippen LogP contribution >= 0.6 is 24.8 Å². The van der Waals surface area contributed by atoms with E-state index in [-0.39, 0.29) is 30.9 Å². The van der Waals surface area contributed by atoms with Gasteiger partial charge in [0.1, 0.15) is 0 Å². The van der Waals surface area contributed by atoms with Crippen molar-refractivity contribution in [3.8, 4) is 0 Å². The molecule has 0 saturated carbocycles. The van der Waals surface area contributed by atoms with Crippen molar-refractivity contribution in [3.05, 3.63) is 29.1 Å². The van der Waals surface area contributed by atoms with Crippen molar-refractivity contribution in [2.75, 3.05) is 7.11 Å². The third-order valence-corrected chi connectivity index (χ3v) is 2.37. The zero-order valence-electron chi connectivity index (χ0n) is 8.60. The molecule has 1 atom stereocenters. The van der Waals surface area contributed by atoms with Gasteiger partial charge in [-0.2, -0.15) is 0 Å². The van der Waals surface area contributed by atoms with Crippen LogP contribution in [0.1, 0.15) is 16.8 Å². The first-order valence-corrected chi connectivity index (χ1v) is 4.51. The molecule has 2 N–H and O–H groups in total. The molecule has 0 radical (unpaired) electrons. The minimum atomic E-state index is 0. The van der Waals surface area contributed by atoms with Crippen LogP contribution in [0.5, 0.6) is 0 Å². The zero-order chi connectivity index (χ0) is 9.26. The van der Waals surface area contributed by atoms with E-state index in [1.807, 2.05) is 6.20 Å². The molecule has 1 aliphatic carbocycles. The van der Waals surface area contributed by atoms with Gasteiger partial charge in [-0.05, 0) is 17.5 Å². The maximum Gasteiger partial charge on any atom is 0.0728 e. The Kier molecular flexibility index (Phi) is 6.13. The van der Waals surface area contributed by atoms with Crippen molar-refractivity contribution < 1.29 is 4.74 Å². The number of nitrogens with two attached hydrogens (primary N) is 1. The first-order valence-electron chi connectivity index (χ1n) is 4.51. The van der Waals surface area contributed by atoms with Crippen molar-refractivity contribution in [1.29, 1.82) is 0 Å². The first kappa shape index (κ1) is 14.6. The summed E-state index contributed by atoms with van der Waals surface area (Å²) < 4.78 is 5.04. The van der Waals surface area contributed by atoms with Crippen molar-refractivity contribution in [3.63, 3.8) is 0 Å². The van der Waals surface area contributed by atoms with E-state index in [4.69, 9.17) is 10.5 Å². The van der Waals surface area contributed by atoms with Gasteiger partial charge in [-0.15, -0.1) is 24.8 Å². The Labute approximate surface area is 102 Å². The standard InChI is InChI=1S/C10H14N2O.2ClH/c1-13-6-7-2-8-3-9(11)4-10(8)12-5-7;;/h2,5,9H,3-4,6,11H2,1H3;2*1H. The Hall–Kier alpha value is -0.350.